The van der Waals surface area contributed by atoms with Crippen molar-refractivity contribution in [3.63, 3.8) is 0 Å². The molecule has 9 heavy (non-hydrogen) atoms. The first-order valence-electron chi connectivity index (χ1n) is 3.14. The summed E-state index contributed by atoms with van der Waals surface area (Å²) in [6.07, 6.45) is 6.45. The second-order valence-corrected chi connectivity index (χ2v) is 5.11. The van der Waals surface area contributed by atoms with Crippen LogP contribution in [-0.2, 0) is 0 Å². The molecule has 0 aromatic rings. The summed E-state index contributed by atoms with van der Waals surface area (Å²) >= 11 is 6.17. The summed E-state index contributed by atoms with van der Waals surface area (Å²) in [5.41, 5.74) is 0. The van der Waals surface area contributed by atoms with Crippen LogP contribution in [0.1, 0.15) is 19.3 Å². The zero-order valence-electron chi connectivity index (χ0n) is 5.59. The fraction of sp³-hybridized carbons (Fsp3) is 1.00. The largest absolute Gasteiger partial charge is 0.158 e. The van der Waals surface area contributed by atoms with E-state index in [9.17, 15) is 0 Å². The van der Waals surface area contributed by atoms with E-state index in [0.717, 1.165) is 0 Å². The van der Waals surface area contributed by atoms with Crippen molar-refractivity contribution in [1.82, 2.24) is 0 Å². The van der Waals surface area contributed by atoms with Crippen LogP contribution in [0, 0.1) is 0 Å². The van der Waals surface area contributed by atoms with Crippen LogP contribution in [0.5, 0.6) is 0 Å². The lowest BCUT2D eigenvalue weighted by molar-refractivity contribution is 0.400. The van der Waals surface area contributed by atoms with Crippen molar-refractivity contribution >= 4 is 34.2 Å². The third kappa shape index (κ3) is 1.75. The molecule has 1 aliphatic carbocycles. The van der Waals surface area contributed by atoms with Gasteiger partial charge in [-0.05, 0) is 19.1 Å². The highest BCUT2D eigenvalue weighted by Gasteiger charge is 2.35. The van der Waals surface area contributed by atoms with E-state index in [1.54, 1.807) is 10.8 Å². The molecule has 0 aromatic heterocycles. The number of thioether (sulfide) groups is 1. The van der Waals surface area contributed by atoms with Gasteiger partial charge in [-0.1, -0.05) is 17.2 Å². The number of hydrogen-bond acceptors (Lipinski definition) is 3. The Morgan fingerprint density at radius 3 is 2.33 bits per heavy atom. The summed E-state index contributed by atoms with van der Waals surface area (Å²) < 4.78 is 0.617. The Morgan fingerprint density at radius 2 is 2.22 bits per heavy atom. The van der Waals surface area contributed by atoms with Crippen LogP contribution in [-0.4, -0.2) is 16.8 Å². The Balaban J connectivity index is 2.28. The van der Waals surface area contributed by atoms with E-state index in [4.69, 9.17) is 0 Å². The predicted octanol–water partition coefficient (Wildman–Crippen LogP) is 2.85. The van der Waals surface area contributed by atoms with Crippen molar-refractivity contribution in [2.45, 2.75) is 24.0 Å². The Hall–Kier alpha value is 1.05. The first-order chi connectivity index (χ1) is 4.33. The van der Waals surface area contributed by atoms with E-state index in [-0.39, 0.29) is 0 Å². The highest BCUT2D eigenvalue weighted by molar-refractivity contribution is 8.68. The van der Waals surface area contributed by atoms with Gasteiger partial charge in [-0.25, -0.2) is 0 Å². The van der Waals surface area contributed by atoms with E-state index in [0.29, 0.717) is 4.75 Å². The molecule has 0 radical (unpaired) electrons. The van der Waals surface area contributed by atoms with Gasteiger partial charge in [-0.2, -0.15) is 11.8 Å². The summed E-state index contributed by atoms with van der Waals surface area (Å²) in [6.45, 7) is 0. The van der Waals surface area contributed by atoms with Crippen molar-refractivity contribution in [1.29, 1.82) is 0 Å². The van der Waals surface area contributed by atoms with Crippen molar-refractivity contribution in [3.8, 4) is 0 Å². The van der Waals surface area contributed by atoms with Gasteiger partial charge in [0.25, 0.3) is 0 Å². The topological polar surface area (TPSA) is 0 Å². The number of thiol groups is 1. The van der Waals surface area contributed by atoms with Gasteiger partial charge in [0.1, 0.15) is 0 Å². The van der Waals surface area contributed by atoms with Crippen molar-refractivity contribution in [3.05, 3.63) is 0 Å². The van der Waals surface area contributed by atoms with Crippen LogP contribution >= 0.6 is 34.2 Å². The van der Waals surface area contributed by atoms with Crippen LogP contribution in [0.4, 0.5) is 0 Å². The minimum absolute atomic E-state index is 0.617. The average molecular weight is 180 g/mol. The van der Waals surface area contributed by atoms with Crippen LogP contribution in [0.25, 0.3) is 0 Å². The predicted molar refractivity (Wildman–Crippen MR) is 51.5 cm³/mol. The molecular weight excluding hydrogens is 168 g/mol. The molecule has 0 saturated heterocycles. The smallest absolute Gasteiger partial charge is 0.0255 e. The van der Waals surface area contributed by atoms with Gasteiger partial charge < -0.3 is 0 Å². The molecule has 0 aromatic carbocycles. The Morgan fingerprint density at radius 1 is 1.56 bits per heavy atom. The fourth-order valence-electron chi connectivity index (χ4n) is 1.10. The lowest BCUT2D eigenvalue weighted by Crippen LogP contribution is -2.35. The molecule has 0 amide bonds. The maximum absolute atomic E-state index is 4.16. The van der Waals surface area contributed by atoms with E-state index < -0.39 is 0 Å². The SMILES string of the molecule is CSC1(CSS)CCC1. The van der Waals surface area contributed by atoms with Gasteiger partial charge in [-0.3, -0.25) is 0 Å². The summed E-state index contributed by atoms with van der Waals surface area (Å²) in [5.74, 6) is 1.22. The number of hydrogen-bond donors (Lipinski definition) is 1. The fourth-order valence-corrected chi connectivity index (χ4v) is 3.97. The molecule has 1 fully saturated rings. The Labute approximate surface area is 70.4 Å². The van der Waals surface area contributed by atoms with Gasteiger partial charge in [0, 0.05) is 10.5 Å². The van der Waals surface area contributed by atoms with Crippen LogP contribution in [0.3, 0.4) is 0 Å². The molecule has 0 heterocycles. The zero-order valence-corrected chi connectivity index (χ0v) is 8.12. The zero-order chi connectivity index (χ0) is 6.74. The van der Waals surface area contributed by atoms with Crippen LogP contribution < -0.4 is 0 Å². The Kier molecular flexibility index (Phi) is 3.12. The van der Waals surface area contributed by atoms with Crippen LogP contribution in [0.2, 0.25) is 0 Å². The maximum Gasteiger partial charge on any atom is 0.0255 e. The van der Waals surface area contributed by atoms with Gasteiger partial charge in [0.2, 0.25) is 0 Å². The summed E-state index contributed by atoms with van der Waals surface area (Å²) in [6, 6.07) is 0. The first-order valence-corrected chi connectivity index (χ1v) is 6.41. The molecule has 1 rings (SSSR count). The minimum Gasteiger partial charge on any atom is -0.158 e. The highest BCUT2D eigenvalue weighted by atomic mass is 33.1. The summed E-state index contributed by atoms with van der Waals surface area (Å²) in [5, 5.41) is 0. The molecule has 0 aliphatic heterocycles. The van der Waals surface area contributed by atoms with Gasteiger partial charge in [-0.15, -0.1) is 11.7 Å². The molecule has 0 atom stereocenters. The molecule has 0 unspecified atom stereocenters. The highest BCUT2D eigenvalue weighted by Crippen LogP contribution is 2.45. The molecule has 0 N–H and O–H groups in total. The second-order valence-electron chi connectivity index (χ2n) is 2.51. The summed E-state index contributed by atoms with van der Waals surface area (Å²) in [4.78, 5) is 0. The number of rotatable bonds is 3. The maximum atomic E-state index is 4.16. The van der Waals surface area contributed by atoms with Crippen molar-refractivity contribution < 1.29 is 0 Å². The molecule has 1 aliphatic rings. The third-order valence-electron chi connectivity index (χ3n) is 2.03. The lowest BCUT2D eigenvalue weighted by atomic mass is 9.86. The Bertz CT molecular complexity index is 82.8. The molecular formula is C6H12S3. The minimum atomic E-state index is 0.617. The second kappa shape index (κ2) is 3.44. The molecule has 3 heteroatoms. The first kappa shape index (κ1) is 8.15. The molecule has 1 saturated carbocycles. The monoisotopic (exact) mass is 180 g/mol. The third-order valence-corrected chi connectivity index (χ3v) is 4.70. The van der Waals surface area contributed by atoms with Crippen molar-refractivity contribution in [2.75, 3.05) is 12.0 Å². The van der Waals surface area contributed by atoms with E-state index >= 15 is 0 Å². The molecule has 54 valence electrons. The quantitative estimate of drug-likeness (QED) is 0.524. The lowest BCUT2D eigenvalue weighted by Gasteiger charge is -2.39. The van der Waals surface area contributed by atoms with E-state index in [2.05, 4.69) is 17.9 Å². The van der Waals surface area contributed by atoms with Crippen molar-refractivity contribution in [2.24, 2.45) is 0 Å². The molecule has 0 nitrogen and oxygen atoms in total. The van der Waals surface area contributed by atoms with E-state index in [1.807, 2.05) is 11.8 Å². The van der Waals surface area contributed by atoms with Gasteiger partial charge in [0.05, 0.1) is 0 Å². The van der Waals surface area contributed by atoms with Gasteiger partial charge in [0.15, 0.2) is 0 Å². The van der Waals surface area contributed by atoms with E-state index in [1.165, 1.54) is 25.0 Å². The van der Waals surface area contributed by atoms with Gasteiger partial charge >= 0.3 is 0 Å². The average Bonchev–Trinajstić information content (AvgIpc) is 1.79. The van der Waals surface area contributed by atoms with Crippen LogP contribution in [0.15, 0.2) is 0 Å². The standard InChI is InChI=1S/C6H12S3/c1-8-6(5-9-7)3-2-4-6/h7H,2-5H2,1H3. The molecule has 0 bridgehead atoms. The molecule has 0 spiro atoms. The summed E-state index contributed by atoms with van der Waals surface area (Å²) in [7, 11) is 1.68. The normalized spacial score (nSPS) is 23.3.